The maximum absolute atomic E-state index is 5.72. The van der Waals surface area contributed by atoms with E-state index in [9.17, 15) is 0 Å². The van der Waals surface area contributed by atoms with Gasteiger partial charge in [0.25, 0.3) is 0 Å². The van der Waals surface area contributed by atoms with Crippen LogP contribution in [-0.4, -0.2) is 37.2 Å². The minimum absolute atomic E-state index is 0.604. The van der Waals surface area contributed by atoms with Gasteiger partial charge in [-0.3, -0.25) is 10.4 Å². The summed E-state index contributed by atoms with van der Waals surface area (Å²) < 4.78 is 5.72. The molecule has 1 N–H and O–H groups in total. The molecule has 0 radical (unpaired) electrons. The van der Waals surface area contributed by atoms with Gasteiger partial charge in [-0.1, -0.05) is 12.1 Å². The van der Waals surface area contributed by atoms with Gasteiger partial charge in [0.2, 0.25) is 0 Å². The van der Waals surface area contributed by atoms with E-state index in [4.69, 9.17) is 14.8 Å². The van der Waals surface area contributed by atoms with Crippen LogP contribution in [0.4, 0.5) is 11.4 Å². The van der Waals surface area contributed by atoms with Crippen molar-refractivity contribution in [3.8, 4) is 5.75 Å². The lowest BCUT2D eigenvalue weighted by atomic mass is 10.00. The van der Waals surface area contributed by atoms with E-state index in [-0.39, 0.29) is 0 Å². The average Bonchev–Trinajstić information content (AvgIpc) is 2.94. The summed E-state index contributed by atoms with van der Waals surface area (Å²) in [4.78, 5) is 11.0. The van der Waals surface area contributed by atoms with Gasteiger partial charge in [-0.25, -0.2) is 4.99 Å². The zero-order valence-corrected chi connectivity index (χ0v) is 16.8. The number of nitrogens with one attached hydrogen (secondary N) is 1. The van der Waals surface area contributed by atoms with Crippen molar-refractivity contribution in [2.75, 3.05) is 25.6 Å². The summed E-state index contributed by atoms with van der Waals surface area (Å²) in [5.41, 5.74) is 8.78. The molecule has 6 nitrogen and oxygen atoms in total. The molecule has 0 spiro atoms. The van der Waals surface area contributed by atoms with Crippen LogP contribution in [0.15, 0.2) is 77.1 Å². The van der Waals surface area contributed by atoms with Gasteiger partial charge in [0.05, 0.1) is 12.3 Å². The Bertz CT molecular complexity index is 1060. The summed E-state index contributed by atoms with van der Waals surface area (Å²) in [5, 5.41) is 4.71. The van der Waals surface area contributed by atoms with Gasteiger partial charge in [-0.2, -0.15) is 5.10 Å². The molecule has 3 aromatic rings. The topological polar surface area (TPSA) is 62.1 Å². The van der Waals surface area contributed by atoms with Gasteiger partial charge in [-0.05, 0) is 49.4 Å². The largest absolute Gasteiger partial charge is 0.494 e. The number of nitrogens with zero attached hydrogens (tertiary/aromatic N) is 4. The fourth-order valence-corrected chi connectivity index (χ4v) is 3.15. The Balaban J connectivity index is 1.82. The third-order valence-electron chi connectivity index (χ3n) is 4.65. The quantitative estimate of drug-likeness (QED) is 0.722. The van der Waals surface area contributed by atoms with Crippen LogP contribution >= 0.6 is 0 Å². The number of hydrazone groups is 1. The van der Waals surface area contributed by atoms with E-state index < -0.39 is 0 Å². The number of hydrogen-bond donors (Lipinski definition) is 1. The second-order valence-electron chi connectivity index (χ2n) is 6.82. The van der Waals surface area contributed by atoms with E-state index in [0.717, 1.165) is 39.5 Å². The van der Waals surface area contributed by atoms with Crippen molar-refractivity contribution >= 4 is 22.9 Å². The van der Waals surface area contributed by atoms with Crippen molar-refractivity contribution in [3.05, 3.63) is 83.7 Å². The predicted octanol–water partition coefficient (Wildman–Crippen LogP) is 3.98. The van der Waals surface area contributed by atoms with Crippen LogP contribution in [0.3, 0.4) is 0 Å². The molecule has 0 unspecified atom stereocenters. The van der Waals surface area contributed by atoms with Gasteiger partial charge in [-0.15, -0.1) is 0 Å². The number of fused-ring (bicyclic) bond motifs is 1. The van der Waals surface area contributed by atoms with Crippen molar-refractivity contribution < 1.29 is 4.74 Å². The van der Waals surface area contributed by atoms with Crippen LogP contribution in [-0.2, 0) is 0 Å². The predicted molar refractivity (Wildman–Crippen MR) is 118 cm³/mol. The highest BCUT2D eigenvalue weighted by Crippen LogP contribution is 2.30. The van der Waals surface area contributed by atoms with E-state index in [1.54, 1.807) is 12.4 Å². The number of ether oxygens (including phenoxy) is 1. The molecular formula is C23H23N5O. The first-order valence-electron chi connectivity index (χ1n) is 9.53. The third kappa shape index (κ3) is 3.96. The fourth-order valence-electron chi connectivity index (χ4n) is 3.15. The molecule has 0 aliphatic carbocycles. The number of rotatable bonds is 5. The highest BCUT2D eigenvalue weighted by atomic mass is 16.5. The Morgan fingerprint density at radius 3 is 2.38 bits per heavy atom. The molecule has 29 heavy (non-hydrogen) atoms. The molecule has 0 atom stereocenters. The van der Waals surface area contributed by atoms with Crippen LogP contribution in [0.5, 0.6) is 5.75 Å². The number of aliphatic imine (C=N–C) groups is 1. The molecule has 2 heterocycles. The lowest BCUT2D eigenvalue weighted by Crippen LogP contribution is -2.19. The molecular weight excluding hydrogens is 362 g/mol. The zero-order valence-electron chi connectivity index (χ0n) is 16.8. The average molecular weight is 385 g/mol. The third-order valence-corrected chi connectivity index (χ3v) is 4.65. The van der Waals surface area contributed by atoms with Gasteiger partial charge in [0.15, 0.2) is 5.84 Å². The Kier molecular flexibility index (Phi) is 5.24. The molecule has 1 aliphatic rings. The maximum atomic E-state index is 5.72. The summed E-state index contributed by atoms with van der Waals surface area (Å²) in [5.74, 6) is 1.48. The molecule has 1 aliphatic heterocycles. The molecule has 146 valence electrons. The molecule has 0 fully saturated rings. The zero-order chi connectivity index (χ0) is 20.2. The molecule has 0 amide bonds. The second-order valence-corrected chi connectivity index (χ2v) is 6.82. The maximum Gasteiger partial charge on any atom is 0.154 e. The van der Waals surface area contributed by atoms with E-state index in [1.165, 1.54) is 0 Å². The number of hydrogen-bond acceptors (Lipinski definition) is 6. The Morgan fingerprint density at radius 2 is 1.69 bits per heavy atom. The molecule has 2 aromatic carbocycles. The molecule has 0 saturated heterocycles. The van der Waals surface area contributed by atoms with Gasteiger partial charge < -0.3 is 9.64 Å². The first kappa shape index (κ1) is 18.7. The summed E-state index contributed by atoms with van der Waals surface area (Å²) >= 11 is 0. The van der Waals surface area contributed by atoms with Crippen LogP contribution in [0, 0.1) is 0 Å². The van der Waals surface area contributed by atoms with Gasteiger partial charge in [0, 0.05) is 48.9 Å². The Labute approximate surface area is 170 Å². The standard InChI is InChI=1S/C23H23N5O/c1-4-29-19-9-10-21-20(15-19)22(16-5-7-18(8-6-16)28(2)3)26-27-23(25-21)17-11-13-24-14-12-17/h5-15H,4H2,1-3H3,(H,25,27). The number of pyridine rings is 1. The van der Waals surface area contributed by atoms with Gasteiger partial charge in [0.1, 0.15) is 11.5 Å². The van der Waals surface area contributed by atoms with E-state index in [0.29, 0.717) is 12.4 Å². The first-order valence-corrected chi connectivity index (χ1v) is 9.53. The van der Waals surface area contributed by atoms with Crippen LogP contribution < -0.4 is 15.1 Å². The second kappa shape index (κ2) is 8.14. The monoisotopic (exact) mass is 385 g/mol. The van der Waals surface area contributed by atoms with Crippen molar-refractivity contribution in [2.45, 2.75) is 6.92 Å². The summed E-state index contributed by atoms with van der Waals surface area (Å²) in [6.45, 7) is 2.58. The van der Waals surface area contributed by atoms with E-state index in [1.807, 2.05) is 51.4 Å². The Hall–Kier alpha value is -3.67. The number of anilines is 1. The summed E-state index contributed by atoms with van der Waals surface area (Å²) in [6.07, 6.45) is 3.49. The summed E-state index contributed by atoms with van der Waals surface area (Å²) in [7, 11) is 4.05. The molecule has 0 bridgehead atoms. The lowest BCUT2D eigenvalue weighted by molar-refractivity contribution is 0.340. The Morgan fingerprint density at radius 1 is 0.931 bits per heavy atom. The lowest BCUT2D eigenvalue weighted by Gasteiger charge is -2.14. The number of aromatic nitrogens is 1. The van der Waals surface area contributed by atoms with Crippen molar-refractivity contribution in [1.82, 2.24) is 10.4 Å². The van der Waals surface area contributed by atoms with E-state index in [2.05, 4.69) is 39.6 Å². The van der Waals surface area contributed by atoms with Crippen molar-refractivity contribution in [1.29, 1.82) is 0 Å². The summed E-state index contributed by atoms with van der Waals surface area (Å²) in [6, 6.07) is 18.0. The minimum Gasteiger partial charge on any atom is -0.494 e. The number of benzene rings is 2. The minimum atomic E-state index is 0.604. The normalized spacial score (nSPS) is 12.8. The van der Waals surface area contributed by atoms with Gasteiger partial charge >= 0.3 is 0 Å². The number of amidine groups is 1. The molecule has 6 heteroatoms. The van der Waals surface area contributed by atoms with Crippen LogP contribution in [0.1, 0.15) is 23.6 Å². The van der Waals surface area contributed by atoms with Crippen molar-refractivity contribution in [2.24, 2.45) is 10.1 Å². The highest BCUT2D eigenvalue weighted by molar-refractivity contribution is 6.18. The highest BCUT2D eigenvalue weighted by Gasteiger charge is 2.18. The van der Waals surface area contributed by atoms with Crippen molar-refractivity contribution in [3.63, 3.8) is 0 Å². The van der Waals surface area contributed by atoms with E-state index >= 15 is 0 Å². The van der Waals surface area contributed by atoms with Crippen LogP contribution in [0.25, 0.3) is 0 Å². The first-order chi connectivity index (χ1) is 14.2. The fraction of sp³-hybridized carbons (Fsp3) is 0.174. The molecule has 1 aromatic heterocycles. The molecule has 4 rings (SSSR count). The SMILES string of the molecule is CCOc1ccc2c(c1)C(c1ccc(N(C)C)cc1)=NNC(c1ccncc1)=N2. The van der Waals surface area contributed by atoms with Crippen LogP contribution in [0.2, 0.25) is 0 Å². The molecule has 0 saturated carbocycles. The smallest absolute Gasteiger partial charge is 0.154 e.